The summed E-state index contributed by atoms with van der Waals surface area (Å²) in [6, 6.07) is 0. The minimum atomic E-state index is -2.22. The number of methoxy groups -OCH3 is 1. The summed E-state index contributed by atoms with van der Waals surface area (Å²) < 4.78 is 33.8. The van der Waals surface area contributed by atoms with E-state index < -0.39 is 6.43 Å². The molecule has 0 aliphatic heterocycles. The van der Waals surface area contributed by atoms with Crippen molar-refractivity contribution >= 4 is 0 Å². The van der Waals surface area contributed by atoms with Crippen molar-refractivity contribution in [2.45, 2.75) is 26.2 Å². The Labute approximate surface area is 78.2 Å². The van der Waals surface area contributed by atoms with Gasteiger partial charge in [-0.3, -0.25) is 0 Å². The lowest BCUT2D eigenvalue weighted by Crippen LogP contribution is -2.16. The molecule has 0 aliphatic carbocycles. The number of ether oxygens (including phenoxy) is 2. The Balaban J connectivity index is 3.53. The molecular formula is C9H18F2O2. The zero-order chi connectivity index (χ0) is 10.1. The van der Waals surface area contributed by atoms with Gasteiger partial charge in [-0.25, -0.2) is 8.78 Å². The van der Waals surface area contributed by atoms with Gasteiger partial charge < -0.3 is 9.47 Å². The molecule has 0 fully saturated rings. The largest absolute Gasteiger partial charge is 0.384 e. The standard InChI is InChI=1S/C9H18F2O2/c1-3-13-7-8(6-12-2)4-5-9(10)11/h8-9H,3-7H2,1-2H3. The molecule has 1 atom stereocenters. The molecule has 0 aromatic rings. The van der Waals surface area contributed by atoms with Gasteiger partial charge in [0.15, 0.2) is 0 Å². The van der Waals surface area contributed by atoms with Gasteiger partial charge in [0, 0.05) is 26.1 Å². The number of hydrogen-bond acceptors (Lipinski definition) is 2. The van der Waals surface area contributed by atoms with Crippen molar-refractivity contribution in [1.29, 1.82) is 0 Å². The van der Waals surface area contributed by atoms with E-state index >= 15 is 0 Å². The number of hydrogen-bond donors (Lipinski definition) is 0. The fourth-order valence-electron chi connectivity index (χ4n) is 1.10. The van der Waals surface area contributed by atoms with Crippen molar-refractivity contribution in [1.82, 2.24) is 0 Å². The van der Waals surface area contributed by atoms with E-state index in [0.29, 0.717) is 26.2 Å². The highest BCUT2D eigenvalue weighted by molar-refractivity contribution is 4.58. The van der Waals surface area contributed by atoms with Crippen molar-refractivity contribution in [3.8, 4) is 0 Å². The van der Waals surface area contributed by atoms with E-state index in [1.165, 1.54) is 0 Å². The number of rotatable bonds is 8. The first kappa shape index (κ1) is 12.8. The monoisotopic (exact) mass is 196 g/mol. The predicted molar refractivity (Wildman–Crippen MR) is 47.1 cm³/mol. The topological polar surface area (TPSA) is 18.5 Å². The molecule has 1 unspecified atom stereocenters. The molecule has 0 heterocycles. The molecule has 4 heteroatoms. The van der Waals surface area contributed by atoms with Gasteiger partial charge in [-0.2, -0.15) is 0 Å². The lowest BCUT2D eigenvalue weighted by molar-refractivity contribution is 0.0470. The summed E-state index contributed by atoms with van der Waals surface area (Å²) in [5.41, 5.74) is 0. The summed E-state index contributed by atoms with van der Waals surface area (Å²) in [5, 5.41) is 0. The van der Waals surface area contributed by atoms with Gasteiger partial charge in [0.2, 0.25) is 6.43 Å². The molecular weight excluding hydrogens is 178 g/mol. The molecule has 0 amide bonds. The minimum Gasteiger partial charge on any atom is -0.384 e. The highest BCUT2D eigenvalue weighted by Gasteiger charge is 2.11. The molecule has 0 saturated carbocycles. The van der Waals surface area contributed by atoms with Crippen LogP contribution in [0.3, 0.4) is 0 Å². The van der Waals surface area contributed by atoms with Crippen molar-refractivity contribution in [2.75, 3.05) is 26.9 Å². The van der Waals surface area contributed by atoms with E-state index in [1.54, 1.807) is 7.11 Å². The summed E-state index contributed by atoms with van der Waals surface area (Å²) in [7, 11) is 1.57. The van der Waals surface area contributed by atoms with E-state index in [4.69, 9.17) is 9.47 Å². The van der Waals surface area contributed by atoms with Crippen LogP contribution in [-0.2, 0) is 9.47 Å². The highest BCUT2D eigenvalue weighted by atomic mass is 19.3. The molecule has 0 N–H and O–H groups in total. The van der Waals surface area contributed by atoms with E-state index in [9.17, 15) is 8.78 Å². The second-order valence-corrected chi connectivity index (χ2v) is 2.95. The van der Waals surface area contributed by atoms with Crippen LogP contribution in [0, 0.1) is 5.92 Å². The molecule has 0 aromatic heterocycles. The normalized spacial score (nSPS) is 13.6. The minimum absolute atomic E-state index is 0.0684. The molecule has 0 rings (SSSR count). The van der Waals surface area contributed by atoms with Gasteiger partial charge >= 0.3 is 0 Å². The van der Waals surface area contributed by atoms with Crippen LogP contribution < -0.4 is 0 Å². The Morgan fingerprint density at radius 3 is 2.31 bits per heavy atom. The molecule has 2 nitrogen and oxygen atoms in total. The van der Waals surface area contributed by atoms with E-state index in [0.717, 1.165) is 0 Å². The SMILES string of the molecule is CCOCC(CCC(F)F)COC. The third-order valence-corrected chi connectivity index (χ3v) is 1.75. The summed E-state index contributed by atoms with van der Waals surface area (Å²) in [6.07, 6.45) is -1.83. The fourth-order valence-corrected chi connectivity index (χ4v) is 1.10. The fraction of sp³-hybridized carbons (Fsp3) is 1.00. The van der Waals surface area contributed by atoms with Gasteiger partial charge in [0.1, 0.15) is 0 Å². The summed E-state index contributed by atoms with van der Waals surface area (Å²) in [5.74, 6) is 0.0962. The van der Waals surface area contributed by atoms with Crippen molar-refractivity contribution in [3.05, 3.63) is 0 Å². The summed E-state index contributed by atoms with van der Waals surface area (Å²) >= 11 is 0. The summed E-state index contributed by atoms with van der Waals surface area (Å²) in [6.45, 7) is 3.51. The highest BCUT2D eigenvalue weighted by Crippen LogP contribution is 2.12. The van der Waals surface area contributed by atoms with Crippen LogP contribution in [0.5, 0.6) is 0 Å². The van der Waals surface area contributed by atoms with Gasteiger partial charge in [-0.15, -0.1) is 0 Å². The third-order valence-electron chi connectivity index (χ3n) is 1.75. The van der Waals surface area contributed by atoms with Gasteiger partial charge in [0.25, 0.3) is 0 Å². The van der Waals surface area contributed by atoms with E-state index in [-0.39, 0.29) is 12.3 Å². The lowest BCUT2D eigenvalue weighted by Gasteiger charge is -2.15. The first-order valence-corrected chi connectivity index (χ1v) is 4.55. The zero-order valence-electron chi connectivity index (χ0n) is 8.26. The molecule has 0 saturated heterocycles. The number of alkyl halides is 2. The lowest BCUT2D eigenvalue weighted by atomic mass is 10.1. The maximum absolute atomic E-state index is 11.9. The quantitative estimate of drug-likeness (QED) is 0.593. The first-order chi connectivity index (χ1) is 6.20. The predicted octanol–water partition coefficient (Wildman–Crippen LogP) is 2.33. The van der Waals surface area contributed by atoms with Crippen LogP contribution in [0.4, 0.5) is 8.78 Å². The Morgan fingerprint density at radius 1 is 1.15 bits per heavy atom. The van der Waals surface area contributed by atoms with Crippen molar-refractivity contribution in [3.63, 3.8) is 0 Å². The van der Waals surface area contributed by atoms with Crippen LogP contribution in [0.1, 0.15) is 19.8 Å². The van der Waals surface area contributed by atoms with Gasteiger partial charge in [-0.05, 0) is 13.3 Å². The van der Waals surface area contributed by atoms with Crippen molar-refractivity contribution in [2.24, 2.45) is 5.92 Å². The second kappa shape index (κ2) is 8.38. The van der Waals surface area contributed by atoms with Crippen LogP contribution in [0.25, 0.3) is 0 Å². The van der Waals surface area contributed by atoms with Crippen LogP contribution in [0.2, 0.25) is 0 Å². The maximum Gasteiger partial charge on any atom is 0.238 e. The van der Waals surface area contributed by atoms with Gasteiger partial charge in [-0.1, -0.05) is 0 Å². The molecule has 0 bridgehead atoms. The van der Waals surface area contributed by atoms with E-state index in [1.807, 2.05) is 6.92 Å². The second-order valence-electron chi connectivity index (χ2n) is 2.95. The molecule has 13 heavy (non-hydrogen) atoms. The Morgan fingerprint density at radius 2 is 1.85 bits per heavy atom. The van der Waals surface area contributed by atoms with Crippen molar-refractivity contribution < 1.29 is 18.3 Å². The number of halogens is 2. The first-order valence-electron chi connectivity index (χ1n) is 4.55. The van der Waals surface area contributed by atoms with E-state index in [2.05, 4.69) is 0 Å². The van der Waals surface area contributed by atoms with Gasteiger partial charge in [0.05, 0.1) is 13.2 Å². The van der Waals surface area contributed by atoms with Crippen LogP contribution >= 0.6 is 0 Å². The Bertz CT molecular complexity index is 110. The summed E-state index contributed by atoms with van der Waals surface area (Å²) in [4.78, 5) is 0. The Hall–Kier alpha value is -0.220. The Kier molecular flexibility index (Phi) is 8.24. The smallest absolute Gasteiger partial charge is 0.238 e. The average Bonchev–Trinajstić information content (AvgIpc) is 2.09. The maximum atomic E-state index is 11.9. The molecule has 0 aromatic carbocycles. The third kappa shape index (κ3) is 8.12. The molecule has 0 spiro atoms. The molecule has 0 aliphatic rings. The van der Waals surface area contributed by atoms with Crippen LogP contribution in [0.15, 0.2) is 0 Å². The van der Waals surface area contributed by atoms with Crippen LogP contribution in [-0.4, -0.2) is 33.4 Å². The zero-order valence-corrected chi connectivity index (χ0v) is 8.26. The molecule has 0 radical (unpaired) electrons. The average molecular weight is 196 g/mol. The molecule has 80 valence electrons.